The molecule has 1 heterocycles. The Labute approximate surface area is 75.3 Å². The lowest BCUT2D eigenvalue weighted by molar-refractivity contribution is 0.113. The van der Waals surface area contributed by atoms with Crippen molar-refractivity contribution in [3.8, 4) is 0 Å². The average Bonchev–Trinajstić information content (AvgIpc) is 2.35. The van der Waals surface area contributed by atoms with Crippen LogP contribution < -0.4 is 11.1 Å². The van der Waals surface area contributed by atoms with E-state index in [-0.39, 0.29) is 5.79 Å². The Balaban J connectivity index is 2.48. The minimum absolute atomic E-state index is 0.204. The monoisotopic (exact) mass is 171 g/mol. The maximum atomic E-state index is 6.21. The van der Waals surface area contributed by atoms with Gasteiger partial charge >= 0.3 is 0 Å². The molecule has 0 saturated carbocycles. The summed E-state index contributed by atoms with van der Waals surface area (Å²) >= 11 is 0. The minimum Gasteiger partial charge on any atom is -0.301 e. The van der Waals surface area contributed by atoms with Gasteiger partial charge in [0.2, 0.25) is 0 Å². The molecule has 1 fully saturated rings. The normalized spacial score (nSPS) is 31.2. The van der Waals surface area contributed by atoms with Gasteiger partial charge in [-0.3, -0.25) is 10.2 Å². The van der Waals surface area contributed by atoms with Crippen LogP contribution in [-0.2, 0) is 0 Å². The van der Waals surface area contributed by atoms with Crippen LogP contribution in [0.3, 0.4) is 0 Å². The number of hydrogen-bond acceptors (Lipinski definition) is 3. The fourth-order valence-electron chi connectivity index (χ4n) is 1.93. The second-order valence-electron chi connectivity index (χ2n) is 3.59. The topological polar surface area (TPSA) is 41.3 Å². The van der Waals surface area contributed by atoms with E-state index in [9.17, 15) is 0 Å². The Morgan fingerprint density at radius 3 is 2.75 bits per heavy atom. The summed E-state index contributed by atoms with van der Waals surface area (Å²) in [6.07, 6.45) is 3.38. The molecular formula is C9H21N3. The zero-order chi connectivity index (χ0) is 9.03. The Kier molecular flexibility index (Phi) is 3.50. The van der Waals surface area contributed by atoms with Crippen molar-refractivity contribution in [2.45, 2.75) is 38.9 Å². The molecule has 0 aromatic heterocycles. The number of nitrogens with zero attached hydrogens (tertiary/aromatic N) is 1. The summed E-state index contributed by atoms with van der Waals surface area (Å²) in [5.41, 5.74) is 6.21. The molecule has 0 amide bonds. The SMILES string of the molecule is CCCN1CCNC1(N)CCC. The van der Waals surface area contributed by atoms with E-state index in [4.69, 9.17) is 5.73 Å². The van der Waals surface area contributed by atoms with Gasteiger partial charge in [-0.15, -0.1) is 0 Å². The first-order valence-electron chi connectivity index (χ1n) is 5.02. The standard InChI is InChI=1S/C9H21N3/c1-3-5-9(10)11-6-8-12(9)7-4-2/h11H,3-8,10H2,1-2H3. The van der Waals surface area contributed by atoms with Gasteiger partial charge in [-0.2, -0.15) is 0 Å². The van der Waals surface area contributed by atoms with E-state index in [0.29, 0.717) is 0 Å². The number of rotatable bonds is 4. The highest BCUT2D eigenvalue weighted by Gasteiger charge is 2.34. The van der Waals surface area contributed by atoms with E-state index < -0.39 is 0 Å². The summed E-state index contributed by atoms with van der Waals surface area (Å²) in [4.78, 5) is 2.36. The summed E-state index contributed by atoms with van der Waals surface area (Å²) in [6.45, 7) is 7.63. The number of nitrogens with one attached hydrogen (secondary N) is 1. The van der Waals surface area contributed by atoms with E-state index in [1.54, 1.807) is 0 Å². The van der Waals surface area contributed by atoms with Gasteiger partial charge in [0.25, 0.3) is 0 Å². The van der Waals surface area contributed by atoms with Gasteiger partial charge in [-0.25, -0.2) is 0 Å². The molecule has 0 bridgehead atoms. The summed E-state index contributed by atoms with van der Waals surface area (Å²) in [6, 6.07) is 0. The zero-order valence-corrected chi connectivity index (χ0v) is 8.27. The van der Waals surface area contributed by atoms with Crippen LogP contribution in [0.25, 0.3) is 0 Å². The van der Waals surface area contributed by atoms with E-state index in [2.05, 4.69) is 24.1 Å². The van der Waals surface area contributed by atoms with Crippen LogP contribution in [0.4, 0.5) is 0 Å². The molecule has 72 valence electrons. The molecule has 0 aromatic rings. The Morgan fingerprint density at radius 1 is 1.42 bits per heavy atom. The van der Waals surface area contributed by atoms with Crippen molar-refractivity contribution < 1.29 is 0 Å². The van der Waals surface area contributed by atoms with E-state index in [0.717, 1.165) is 32.5 Å². The fraction of sp³-hybridized carbons (Fsp3) is 1.00. The first kappa shape index (κ1) is 9.96. The summed E-state index contributed by atoms with van der Waals surface area (Å²) in [7, 11) is 0. The molecule has 1 atom stereocenters. The van der Waals surface area contributed by atoms with Crippen molar-refractivity contribution in [2.75, 3.05) is 19.6 Å². The first-order valence-corrected chi connectivity index (χ1v) is 5.02. The molecule has 1 unspecified atom stereocenters. The van der Waals surface area contributed by atoms with Gasteiger partial charge in [0.15, 0.2) is 0 Å². The molecule has 0 aliphatic carbocycles. The number of nitrogens with two attached hydrogens (primary N) is 1. The molecule has 3 N–H and O–H groups in total. The first-order chi connectivity index (χ1) is 5.73. The van der Waals surface area contributed by atoms with Gasteiger partial charge in [0, 0.05) is 19.6 Å². The van der Waals surface area contributed by atoms with E-state index in [1.807, 2.05) is 0 Å². The van der Waals surface area contributed by atoms with Crippen molar-refractivity contribution in [3.63, 3.8) is 0 Å². The van der Waals surface area contributed by atoms with Crippen LogP contribution in [-0.4, -0.2) is 30.3 Å². The molecule has 3 nitrogen and oxygen atoms in total. The molecule has 1 aliphatic rings. The zero-order valence-electron chi connectivity index (χ0n) is 8.27. The van der Waals surface area contributed by atoms with Crippen molar-refractivity contribution >= 4 is 0 Å². The number of hydrogen-bond donors (Lipinski definition) is 2. The van der Waals surface area contributed by atoms with Crippen molar-refractivity contribution in [1.82, 2.24) is 10.2 Å². The third-order valence-electron chi connectivity index (χ3n) is 2.50. The highest BCUT2D eigenvalue weighted by Crippen LogP contribution is 2.16. The van der Waals surface area contributed by atoms with E-state index in [1.165, 1.54) is 6.42 Å². The predicted molar refractivity (Wildman–Crippen MR) is 51.7 cm³/mol. The fourth-order valence-corrected chi connectivity index (χ4v) is 1.93. The Bertz CT molecular complexity index is 138. The highest BCUT2D eigenvalue weighted by molar-refractivity contribution is 4.88. The van der Waals surface area contributed by atoms with Gasteiger partial charge in [0.05, 0.1) is 0 Å². The third kappa shape index (κ3) is 1.97. The van der Waals surface area contributed by atoms with Crippen LogP contribution in [0.15, 0.2) is 0 Å². The van der Waals surface area contributed by atoms with Crippen LogP contribution in [0.5, 0.6) is 0 Å². The summed E-state index contributed by atoms with van der Waals surface area (Å²) in [5.74, 6) is -0.204. The van der Waals surface area contributed by atoms with Crippen molar-refractivity contribution in [1.29, 1.82) is 0 Å². The van der Waals surface area contributed by atoms with Crippen LogP contribution in [0.1, 0.15) is 33.1 Å². The molecule has 1 saturated heterocycles. The molecule has 1 aliphatic heterocycles. The largest absolute Gasteiger partial charge is 0.301 e. The second-order valence-corrected chi connectivity index (χ2v) is 3.59. The molecular weight excluding hydrogens is 150 g/mol. The smallest absolute Gasteiger partial charge is 0.123 e. The van der Waals surface area contributed by atoms with Gasteiger partial charge < -0.3 is 5.73 Å². The summed E-state index contributed by atoms with van der Waals surface area (Å²) in [5, 5.41) is 3.37. The Morgan fingerprint density at radius 2 is 2.17 bits per heavy atom. The van der Waals surface area contributed by atoms with E-state index >= 15 is 0 Å². The van der Waals surface area contributed by atoms with Gasteiger partial charge in [0.1, 0.15) is 5.79 Å². The van der Waals surface area contributed by atoms with Crippen LogP contribution in [0.2, 0.25) is 0 Å². The molecule has 0 spiro atoms. The maximum absolute atomic E-state index is 6.21. The minimum atomic E-state index is -0.204. The van der Waals surface area contributed by atoms with Crippen molar-refractivity contribution in [3.05, 3.63) is 0 Å². The highest BCUT2D eigenvalue weighted by atomic mass is 15.4. The lowest BCUT2D eigenvalue weighted by atomic mass is 10.2. The molecule has 3 heteroatoms. The molecule has 1 rings (SSSR count). The lowest BCUT2D eigenvalue weighted by Gasteiger charge is -2.34. The van der Waals surface area contributed by atoms with Crippen LogP contribution >= 0.6 is 0 Å². The van der Waals surface area contributed by atoms with Crippen LogP contribution in [0, 0.1) is 0 Å². The average molecular weight is 171 g/mol. The van der Waals surface area contributed by atoms with Gasteiger partial charge in [-0.05, 0) is 12.8 Å². The maximum Gasteiger partial charge on any atom is 0.123 e. The second kappa shape index (κ2) is 4.21. The molecule has 0 aromatic carbocycles. The predicted octanol–water partition coefficient (Wildman–Crippen LogP) is 0.714. The lowest BCUT2D eigenvalue weighted by Crippen LogP contribution is -2.59. The van der Waals surface area contributed by atoms with Crippen molar-refractivity contribution in [2.24, 2.45) is 5.73 Å². The Hall–Kier alpha value is -0.120. The summed E-state index contributed by atoms with van der Waals surface area (Å²) < 4.78 is 0. The molecule has 12 heavy (non-hydrogen) atoms. The third-order valence-corrected chi connectivity index (χ3v) is 2.50. The van der Waals surface area contributed by atoms with Gasteiger partial charge in [-0.1, -0.05) is 20.3 Å². The molecule has 0 radical (unpaired) electrons. The quantitative estimate of drug-likeness (QED) is 0.654.